The first-order valence-electron chi connectivity index (χ1n) is 8.94. The van der Waals surface area contributed by atoms with Crippen molar-refractivity contribution in [1.29, 1.82) is 0 Å². The lowest BCUT2D eigenvalue weighted by molar-refractivity contribution is 0.145. The number of aromatic nitrogens is 2. The Morgan fingerprint density at radius 1 is 1.15 bits per heavy atom. The van der Waals surface area contributed by atoms with E-state index in [1.54, 1.807) is 0 Å². The fourth-order valence-electron chi connectivity index (χ4n) is 3.41. The summed E-state index contributed by atoms with van der Waals surface area (Å²) >= 11 is 0. The molecule has 1 saturated heterocycles. The molecule has 3 aromatic rings. The number of rotatable bonds is 4. The zero-order valence-corrected chi connectivity index (χ0v) is 14.5. The number of benzene rings is 2. The Balaban J connectivity index is 1.54. The molecule has 3 N–H and O–H groups in total. The van der Waals surface area contributed by atoms with Gasteiger partial charge in [0.2, 0.25) is 5.95 Å². The van der Waals surface area contributed by atoms with Gasteiger partial charge in [0.25, 0.3) is 5.56 Å². The van der Waals surface area contributed by atoms with Crippen LogP contribution >= 0.6 is 0 Å². The molecule has 1 aromatic heterocycles. The Bertz CT molecular complexity index is 956. The van der Waals surface area contributed by atoms with Gasteiger partial charge in [-0.2, -0.15) is 4.98 Å². The van der Waals surface area contributed by atoms with Gasteiger partial charge in [-0.1, -0.05) is 42.5 Å². The second-order valence-electron chi connectivity index (χ2n) is 6.66. The number of H-pyrrole nitrogens is 1. The molecule has 4 rings (SSSR count). The highest BCUT2D eigenvalue weighted by atomic mass is 16.3. The lowest BCUT2D eigenvalue weighted by atomic mass is 10.0. The van der Waals surface area contributed by atoms with Gasteiger partial charge < -0.3 is 15.3 Å². The number of piperidine rings is 1. The first kappa shape index (κ1) is 16.6. The second kappa shape index (κ2) is 7.17. The third-order valence-corrected chi connectivity index (χ3v) is 4.84. The van der Waals surface area contributed by atoms with Crippen LogP contribution in [-0.2, 0) is 6.54 Å². The average molecular weight is 350 g/mol. The van der Waals surface area contributed by atoms with E-state index >= 15 is 0 Å². The molecule has 0 unspecified atom stereocenters. The van der Waals surface area contributed by atoms with Crippen LogP contribution in [0.2, 0.25) is 0 Å². The summed E-state index contributed by atoms with van der Waals surface area (Å²) in [5.41, 5.74) is 0.971. The number of aliphatic hydroxyl groups excluding tert-OH is 1. The van der Waals surface area contributed by atoms with Crippen molar-refractivity contribution in [2.75, 3.05) is 23.3 Å². The number of fused-ring (bicyclic) bond motifs is 1. The Labute approximate surface area is 151 Å². The van der Waals surface area contributed by atoms with Crippen LogP contribution < -0.4 is 15.8 Å². The van der Waals surface area contributed by atoms with Crippen LogP contribution in [0.4, 0.5) is 11.8 Å². The van der Waals surface area contributed by atoms with Crippen molar-refractivity contribution >= 4 is 22.5 Å². The number of aromatic amines is 1. The largest absolute Gasteiger partial charge is 0.393 e. The van der Waals surface area contributed by atoms with E-state index in [4.69, 9.17) is 0 Å². The summed E-state index contributed by atoms with van der Waals surface area (Å²) in [6, 6.07) is 15.9. The smallest absolute Gasteiger partial charge is 0.254 e. The lowest BCUT2D eigenvalue weighted by Crippen LogP contribution is -2.37. The number of nitrogens with zero attached hydrogens (tertiary/aromatic N) is 2. The van der Waals surface area contributed by atoms with Crippen molar-refractivity contribution in [3.05, 3.63) is 64.4 Å². The van der Waals surface area contributed by atoms with Crippen molar-refractivity contribution in [1.82, 2.24) is 9.97 Å². The molecule has 6 heteroatoms. The molecular formula is C20H22N4O2. The summed E-state index contributed by atoms with van der Waals surface area (Å²) < 4.78 is 0. The molecule has 2 aromatic carbocycles. The van der Waals surface area contributed by atoms with Crippen LogP contribution in [0.5, 0.6) is 0 Å². The maximum absolute atomic E-state index is 12.0. The predicted molar refractivity (Wildman–Crippen MR) is 104 cm³/mol. The Morgan fingerprint density at radius 2 is 1.92 bits per heavy atom. The minimum atomic E-state index is -0.253. The van der Waals surface area contributed by atoms with E-state index in [1.807, 2.05) is 23.1 Å². The van der Waals surface area contributed by atoms with E-state index < -0.39 is 0 Å². The van der Waals surface area contributed by atoms with Crippen LogP contribution in [0, 0.1) is 0 Å². The normalized spacial score (nSPS) is 15.3. The number of aliphatic hydroxyl groups is 1. The molecule has 1 fully saturated rings. The number of hydrogen-bond acceptors (Lipinski definition) is 5. The molecule has 6 nitrogen and oxygen atoms in total. The summed E-state index contributed by atoms with van der Waals surface area (Å²) in [6.07, 6.45) is 1.15. The topological polar surface area (TPSA) is 81.2 Å². The Morgan fingerprint density at radius 3 is 2.77 bits per heavy atom. The molecule has 1 aliphatic rings. The molecule has 0 spiro atoms. The first-order chi connectivity index (χ1) is 12.7. The highest BCUT2D eigenvalue weighted by Gasteiger charge is 2.19. The van der Waals surface area contributed by atoms with Crippen LogP contribution in [0.3, 0.4) is 0 Å². The summed E-state index contributed by atoms with van der Waals surface area (Å²) in [7, 11) is 0. The van der Waals surface area contributed by atoms with Gasteiger partial charge in [-0.15, -0.1) is 0 Å². The maximum Gasteiger partial charge on any atom is 0.254 e. The monoisotopic (exact) mass is 350 g/mol. The van der Waals surface area contributed by atoms with Crippen LogP contribution in [0.1, 0.15) is 18.4 Å². The second-order valence-corrected chi connectivity index (χ2v) is 6.66. The van der Waals surface area contributed by atoms with Crippen molar-refractivity contribution in [3.8, 4) is 0 Å². The molecule has 0 bridgehead atoms. The fourth-order valence-corrected chi connectivity index (χ4v) is 3.41. The van der Waals surface area contributed by atoms with Crippen molar-refractivity contribution in [2.24, 2.45) is 0 Å². The Kier molecular flexibility index (Phi) is 4.58. The molecular weight excluding hydrogens is 328 g/mol. The molecule has 0 saturated carbocycles. The van der Waals surface area contributed by atoms with E-state index in [0.717, 1.165) is 5.56 Å². The third-order valence-electron chi connectivity index (χ3n) is 4.84. The van der Waals surface area contributed by atoms with Gasteiger partial charge in [0.1, 0.15) is 5.82 Å². The van der Waals surface area contributed by atoms with Gasteiger partial charge in [-0.25, -0.2) is 0 Å². The van der Waals surface area contributed by atoms with Gasteiger partial charge in [-0.05, 0) is 29.2 Å². The molecule has 0 radical (unpaired) electrons. The SMILES string of the molecule is O=c1cc(N2CCC(O)CC2)nc(NCc2cccc3ccccc23)[nH]1. The fraction of sp³-hybridized carbons (Fsp3) is 0.300. The van der Waals surface area contributed by atoms with Gasteiger partial charge in [0, 0.05) is 25.7 Å². The number of nitrogens with one attached hydrogen (secondary N) is 2. The molecule has 0 amide bonds. The van der Waals surface area contributed by atoms with Crippen molar-refractivity contribution in [2.45, 2.75) is 25.5 Å². The number of anilines is 2. The quantitative estimate of drug-likeness (QED) is 0.674. The van der Waals surface area contributed by atoms with Crippen molar-refractivity contribution in [3.63, 3.8) is 0 Å². The number of hydrogen-bond donors (Lipinski definition) is 3. The van der Waals surface area contributed by atoms with E-state index in [9.17, 15) is 9.90 Å². The Hall–Kier alpha value is -2.86. The molecule has 0 aliphatic carbocycles. The van der Waals surface area contributed by atoms with Gasteiger partial charge in [0.05, 0.1) is 6.10 Å². The minimum Gasteiger partial charge on any atom is -0.393 e. The maximum atomic E-state index is 12.0. The molecule has 26 heavy (non-hydrogen) atoms. The molecule has 134 valence electrons. The molecule has 0 atom stereocenters. The van der Waals surface area contributed by atoms with Crippen LogP contribution in [-0.4, -0.2) is 34.3 Å². The summed E-state index contributed by atoms with van der Waals surface area (Å²) in [5.74, 6) is 1.12. The van der Waals surface area contributed by atoms with Gasteiger partial charge in [0.15, 0.2) is 0 Å². The highest BCUT2D eigenvalue weighted by Crippen LogP contribution is 2.20. The predicted octanol–water partition coefficient (Wildman–Crippen LogP) is 2.50. The minimum absolute atomic E-state index is 0.179. The standard InChI is InChI=1S/C20H22N4O2/c25-16-8-10-24(11-9-16)18-12-19(26)23-20(22-18)21-13-15-6-3-5-14-4-1-2-7-17(14)15/h1-7,12,16,25H,8-11,13H2,(H2,21,22,23,26). The van der Waals surface area contributed by atoms with E-state index in [0.29, 0.717) is 44.2 Å². The summed E-state index contributed by atoms with van der Waals surface area (Å²) in [4.78, 5) is 21.4. The van der Waals surface area contributed by atoms with Crippen molar-refractivity contribution < 1.29 is 5.11 Å². The van der Waals surface area contributed by atoms with Gasteiger partial charge in [-0.3, -0.25) is 9.78 Å². The van der Waals surface area contributed by atoms with E-state index in [1.165, 1.54) is 16.8 Å². The zero-order valence-electron chi connectivity index (χ0n) is 14.5. The van der Waals surface area contributed by atoms with Crippen LogP contribution in [0.25, 0.3) is 10.8 Å². The zero-order chi connectivity index (χ0) is 17.9. The first-order valence-corrected chi connectivity index (χ1v) is 8.94. The molecule has 1 aliphatic heterocycles. The average Bonchev–Trinajstić information content (AvgIpc) is 2.66. The summed E-state index contributed by atoms with van der Waals surface area (Å²) in [5, 5.41) is 15.3. The van der Waals surface area contributed by atoms with E-state index in [-0.39, 0.29) is 11.7 Å². The highest BCUT2D eigenvalue weighted by molar-refractivity contribution is 5.85. The summed E-state index contributed by atoms with van der Waals surface area (Å²) in [6.45, 7) is 1.99. The van der Waals surface area contributed by atoms with Gasteiger partial charge >= 0.3 is 0 Å². The van der Waals surface area contributed by atoms with E-state index in [2.05, 4.69) is 39.6 Å². The molecule has 2 heterocycles. The lowest BCUT2D eigenvalue weighted by Gasteiger charge is -2.30. The third kappa shape index (κ3) is 3.55. The van der Waals surface area contributed by atoms with Crippen LogP contribution in [0.15, 0.2) is 53.3 Å².